The molecule has 0 aliphatic rings. The molecule has 0 aliphatic carbocycles. The molecule has 35 heavy (non-hydrogen) atoms. The van der Waals surface area contributed by atoms with Crippen LogP contribution in [0.5, 0.6) is 0 Å². The molecule has 0 aliphatic heterocycles. The Morgan fingerprint density at radius 3 is 2.49 bits per heavy atom. The van der Waals surface area contributed by atoms with Crippen molar-refractivity contribution in [3.05, 3.63) is 93.3 Å². The van der Waals surface area contributed by atoms with Gasteiger partial charge in [-0.2, -0.15) is 28.1 Å². The average molecular weight is 503 g/mol. The third kappa shape index (κ3) is 5.24. The van der Waals surface area contributed by atoms with E-state index in [1.807, 2.05) is 0 Å². The highest BCUT2D eigenvalue weighted by molar-refractivity contribution is 6.30. The molecule has 0 saturated carbocycles. The molecule has 8 nitrogen and oxygen atoms in total. The van der Waals surface area contributed by atoms with Gasteiger partial charge in [0.05, 0.1) is 24.1 Å². The lowest BCUT2D eigenvalue weighted by atomic mass is 10.1. The number of carbonyl (C=O) groups excluding carboxylic acids is 1. The molecule has 3 aromatic heterocycles. The first-order valence-corrected chi connectivity index (χ1v) is 10.6. The number of pyridine rings is 1. The van der Waals surface area contributed by atoms with E-state index in [2.05, 4.69) is 20.5 Å². The van der Waals surface area contributed by atoms with Crippen molar-refractivity contribution in [3.63, 3.8) is 0 Å². The predicted molar refractivity (Wildman–Crippen MR) is 122 cm³/mol. The van der Waals surface area contributed by atoms with Crippen LogP contribution >= 0.6 is 11.6 Å². The summed E-state index contributed by atoms with van der Waals surface area (Å²) >= 11 is 5.97. The van der Waals surface area contributed by atoms with Gasteiger partial charge in [-0.15, -0.1) is 0 Å². The van der Waals surface area contributed by atoms with Crippen LogP contribution in [-0.4, -0.2) is 30.5 Å². The SMILES string of the molecule is CC(NC(=O)c1cc(-c2ccc(Cl)cc2)nn(-c2cnn(C)c2)c1=O)c1ccnc(C(F)(F)F)c1. The number of alkyl halides is 3. The van der Waals surface area contributed by atoms with E-state index in [4.69, 9.17) is 11.6 Å². The van der Waals surface area contributed by atoms with Crippen molar-refractivity contribution in [2.24, 2.45) is 7.05 Å². The second kappa shape index (κ2) is 9.34. The zero-order chi connectivity index (χ0) is 25.3. The fourth-order valence-corrected chi connectivity index (χ4v) is 3.47. The van der Waals surface area contributed by atoms with Gasteiger partial charge in [0.1, 0.15) is 16.9 Å². The van der Waals surface area contributed by atoms with E-state index in [0.29, 0.717) is 22.0 Å². The molecule has 1 N–H and O–H groups in total. The lowest BCUT2D eigenvalue weighted by Gasteiger charge is -2.16. The molecule has 0 bridgehead atoms. The zero-order valence-corrected chi connectivity index (χ0v) is 19.2. The molecule has 12 heteroatoms. The number of hydrogen-bond acceptors (Lipinski definition) is 5. The van der Waals surface area contributed by atoms with E-state index in [9.17, 15) is 22.8 Å². The van der Waals surface area contributed by atoms with Gasteiger partial charge in [-0.1, -0.05) is 23.7 Å². The van der Waals surface area contributed by atoms with Gasteiger partial charge in [-0.25, -0.2) is 0 Å². The van der Waals surface area contributed by atoms with Gasteiger partial charge < -0.3 is 5.32 Å². The van der Waals surface area contributed by atoms with Crippen LogP contribution in [0.15, 0.2) is 65.8 Å². The van der Waals surface area contributed by atoms with Crippen LogP contribution in [0, 0.1) is 0 Å². The number of aryl methyl sites for hydroxylation is 1. The highest BCUT2D eigenvalue weighted by Gasteiger charge is 2.33. The summed E-state index contributed by atoms with van der Waals surface area (Å²) in [6, 6.07) is 9.34. The summed E-state index contributed by atoms with van der Waals surface area (Å²) in [5.74, 6) is -0.775. The van der Waals surface area contributed by atoms with E-state index in [0.717, 1.165) is 16.9 Å². The number of nitrogens with one attached hydrogen (secondary N) is 1. The molecule has 0 radical (unpaired) electrons. The van der Waals surface area contributed by atoms with E-state index in [-0.39, 0.29) is 11.1 Å². The normalized spacial score (nSPS) is 12.4. The topological polar surface area (TPSA) is 94.7 Å². The summed E-state index contributed by atoms with van der Waals surface area (Å²) in [5, 5.41) is 11.5. The number of benzene rings is 1. The summed E-state index contributed by atoms with van der Waals surface area (Å²) in [5.41, 5.74) is -0.621. The smallest absolute Gasteiger partial charge is 0.345 e. The van der Waals surface area contributed by atoms with Crippen LogP contribution in [-0.2, 0) is 13.2 Å². The lowest BCUT2D eigenvalue weighted by Crippen LogP contribution is -2.35. The van der Waals surface area contributed by atoms with Crippen molar-refractivity contribution in [3.8, 4) is 16.9 Å². The van der Waals surface area contributed by atoms with Crippen molar-refractivity contribution in [2.45, 2.75) is 19.1 Å². The largest absolute Gasteiger partial charge is 0.433 e. The number of halogens is 4. The molecular formula is C23H18ClF3N6O2. The third-order valence-corrected chi connectivity index (χ3v) is 5.41. The fourth-order valence-electron chi connectivity index (χ4n) is 3.34. The Labute approximate surface area is 202 Å². The molecule has 1 amide bonds. The monoisotopic (exact) mass is 502 g/mol. The zero-order valence-electron chi connectivity index (χ0n) is 18.4. The van der Waals surface area contributed by atoms with E-state index in [1.165, 1.54) is 29.9 Å². The Hall–Kier alpha value is -3.99. The first kappa shape index (κ1) is 24.1. The average Bonchev–Trinajstić information content (AvgIpc) is 3.25. The first-order valence-electron chi connectivity index (χ1n) is 10.3. The van der Waals surface area contributed by atoms with Gasteiger partial charge in [0.2, 0.25) is 0 Å². The number of aromatic nitrogens is 5. The summed E-state index contributed by atoms with van der Waals surface area (Å²) < 4.78 is 41.6. The number of carbonyl (C=O) groups is 1. The molecule has 1 atom stereocenters. The Balaban J connectivity index is 1.74. The predicted octanol–water partition coefficient (Wildman–Crippen LogP) is 4.19. The Morgan fingerprint density at radius 1 is 1.14 bits per heavy atom. The molecule has 0 saturated heterocycles. The van der Waals surface area contributed by atoms with Crippen LogP contribution in [0.1, 0.15) is 34.6 Å². The Morgan fingerprint density at radius 2 is 1.86 bits per heavy atom. The Kier molecular flexibility index (Phi) is 6.44. The summed E-state index contributed by atoms with van der Waals surface area (Å²) in [6.45, 7) is 1.51. The molecule has 4 rings (SSSR count). The van der Waals surface area contributed by atoms with E-state index in [1.54, 1.807) is 37.5 Å². The van der Waals surface area contributed by atoms with Gasteiger partial charge in [-0.3, -0.25) is 19.3 Å². The molecule has 1 unspecified atom stereocenters. The van der Waals surface area contributed by atoms with Gasteiger partial charge in [-0.05, 0) is 42.8 Å². The van der Waals surface area contributed by atoms with Crippen LogP contribution in [0.3, 0.4) is 0 Å². The molecular weight excluding hydrogens is 485 g/mol. The summed E-state index contributed by atoms with van der Waals surface area (Å²) in [4.78, 5) is 29.6. The maximum atomic E-state index is 13.2. The van der Waals surface area contributed by atoms with Crippen LogP contribution in [0.4, 0.5) is 13.2 Å². The second-order valence-corrected chi connectivity index (χ2v) is 8.14. The number of amides is 1. The number of rotatable bonds is 5. The molecule has 0 spiro atoms. The second-order valence-electron chi connectivity index (χ2n) is 7.71. The Bertz CT molecular complexity index is 1450. The fraction of sp³-hybridized carbons (Fsp3) is 0.174. The van der Waals surface area contributed by atoms with Crippen molar-refractivity contribution in [1.29, 1.82) is 0 Å². The standard InChI is InChI=1S/C23H18ClF3N6O2/c1-13(15-7-8-28-20(9-15)23(25,26)27)30-21(34)18-10-19(14-3-5-16(24)6-4-14)31-33(22(18)35)17-11-29-32(2)12-17/h3-13H,1-2H3,(H,30,34). The van der Waals surface area contributed by atoms with Crippen LogP contribution < -0.4 is 10.9 Å². The highest BCUT2D eigenvalue weighted by Crippen LogP contribution is 2.29. The van der Waals surface area contributed by atoms with Gasteiger partial charge in [0.25, 0.3) is 11.5 Å². The molecule has 180 valence electrons. The van der Waals surface area contributed by atoms with Crippen LogP contribution in [0.2, 0.25) is 5.02 Å². The minimum absolute atomic E-state index is 0.181. The maximum absolute atomic E-state index is 13.2. The highest BCUT2D eigenvalue weighted by atomic mass is 35.5. The summed E-state index contributed by atoms with van der Waals surface area (Å²) in [6.07, 6.45) is -0.642. The molecule has 1 aromatic carbocycles. The minimum atomic E-state index is -4.63. The quantitative estimate of drug-likeness (QED) is 0.441. The molecule has 4 aromatic rings. The van der Waals surface area contributed by atoms with Crippen molar-refractivity contribution in [2.75, 3.05) is 0 Å². The molecule has 3 heterocycles. The number of nitrogens with zero attached hydrogens (tertiary/aromatic N) is 5. The van der Waals surface area contributed by atoms with Crippen molar-refractivity contribution < 1.29 is 18.0 Å². The minimum Gasteiger partial charge on any atom is -0.345 e. The van der Waals surface area contributed by atoms with E-state index < -0.39 is 29.4 Å². The van der Waals surface area contributed by atoms with Gasteiger partial charge >= 0.3 is 6.18 Å². The van der Waals surface area contributed by atoms with Gasteiger partial charge in [0.15, 0.2) is 0 Å². The van der Waals surface area contributed by atoms with Crippen molar-refractivity contribution in [1.82, 2.24) is 29.9 Å². The molecule has 0 fully saturated rings. The van der Waals surface area contributed by atoms with Gasteiger partial charge in [0, 0.05) is 23.8 Å². The lowest BCUT2D eigenvalue weighted by molar-refractivity contribution is -0.141. The number of hydrogen-bond donors (Lipinski definition) is 1. The third-order valence-electron chi connectivity index (χ3n) is 5.15. The summed E-state index contributed by atoms with van der Waals surface area (Å²) in [7, 11) is 1.66. The van der Waals surface area contributed by atoms with E-state index >= 15 is 0 Å². The maximum Gasteiger partial charge on any atom is 0.433 e. The van der Waals surface area contributed by atoms with Crippen LogP contribution in [0.25, 0.3) is 16.9 Å². The first-order chi connectivity index (χ1) is 16.5. The van der Waals surface area contributed by atoms with Crippen molar-refractivity contribution >= 4 is 17.5 Å².